The number of primary amides is 2. The molecule has 0 spiro atoms. The van der Waals surface area contributed by atoms with Crippen molar-refractivity contribution in [2.75, 3.05) is 26.3 Å². The average molecular weight is 614 g/mol. The van der Waals surface area contributed by atoms with E-state index in [9.17, 15) is 19.2 Å². The van der Waals surface area contributed by atoms with Gasteiger partial charge in [0.15, 0.2) is 0 Å². The predicted octanol–water partition coefficient (Wildman–Crippen LogP) is -0.238. The Balaban J connectivity index is 2.09. The van der Waals surface area contributed by atoms with E-state index in [0.717, 1.165) is 25.7 Å². The lowest BCUT2D eigenvalue weighted by Gasteiger charge is -2.18. The predicted molar refractivity (Wildman–Crippen MR) is 163 cm³/mol. The van der Waals surface area contributed by atoms with Crippen LogP contribution >= 0.6 is 12.6 Å². The van der Waals surface area contributed by atoms with Crippen LogP contribution in [0.5, 0.6) is 0 Å². The fourth-order valence-electron chi connectivity index (χ4n) is 4.12. The van der Waals surface area contributed by atoms with E-state index >= 15 is 0 Å². The topological polar surface area (TPSA) is 208 Å². The zero-order valence-electron chi connectivity index (χ0n) is 25.3. The van der Waals surface area contributed by atoms with Crippen molar-refractivity contribution in [2.24, 2.45) is 11.5 Å². The molecule has 0 radical (unpaired) electrons. The van der Waals surface area contributed by atoms with E-state index in [1.54, 1.807) is 10.9 Å². The van der Waals surface area contributed by atoms with Gasteiger partial charge in [0.2, 0.25) is 23.6 Å². The first-order valence-electron chi connectivity index (χ1n) is 14.8. The number of carbonyl (C=O) groups is 4. The van der Waals surface area contributed by atoms with Crippen LogP contribution in [0.2, 0.25) is 0 Å². The number of rotatable bonds is 25. The fraction of sp³-hybridized carbons (Fsp3) is 0.778. The minimum Gasteiger partial charge on any atom is -0.379 e. The third-order valence-corrected chi connectivity index (χ3v) is 6.43. The molecule has 3 atom stereocenters. The van der Waals surface area contributed by atoms with E-state index in [4.69, 9.17) is 16.2 Å². The monoisotopic (exact) mass is 613 g/mol. The molecule has 3 unspecified atom stereocenters. The van der Waals surface area contributed by atoms with E-state index in [0.29, 0.717) is 64.2 Å². The summed E-state index contributed by atoms with van der Waals surface area (Å²) >= 11 is 4.22. The third-order valence-electron chi connectivity index (χ3n) is 6.28. The average Bonchev–Trinajstić information content (AvgIpc) is 3.37. The van der Waals surface area contributed by atoms with Gasteiger partial charge in [0.05, 0.1) is 37.5 Å². The number of hydrogen-bond donors (Lipinski definition) is 7. The standard InChI is InChI=1S/C27H51N9O5S/c1-19(2)32-22(26(28)39)8-4-6-14-31-25(38)12-16-41-17-15-36-18-21(34-35-36)10-11-24(37)30-13-7-5-9-23(27(29)40)33-20(3)42/h18-20,22-23,32-33,42H,4-17H2,1-3H3,(H2,28,39)(H2,29,40)(H,30,37)(H,31,38). The van der Waals surface area contributed by atoms with Crippen molar-refractivity contribution in [3.05, 3.63) is 11.9 Å². The number of aromatic nitrogens is 3. The van der Waals surface area contributed by atoms with Crippen LogP contribution in [0.4, 0.5) is 0 Å². The van der Waals surface area contributed by atoms with Crippen molar-refractivity contribution in [2.45, 2.75) is 109 Å². The van der Waals surface area contributed by atoms with Gasteiger partial charge in [0.25, 0.3) is 0 Å². The molecule has 14 nitrogen and oxygen atoms in total. The molecule has 0 bridgehead atoms. The van der Waals surface area contributed by atoms with Gasteiger partial charge in [-0.05, 0) is 45.4 Å². The summed E-state index contributed by atoms with van der Waals surface area (Å²) in [4.78, 5) is 47.0. The first kappa shape index (κ1) is 37.3. The maximum atomic E-state index is 12.1. The lowest BCUT2D eigenvalue weighted by Crippen LogP contribution is -2.44. The molecule has 240 valence electrons. The number of carbonyl (C=O) groups excluding carboxylic acids is 4. The Morgan fingerprint density at radius 1 is 0.881 bits per heavy atom. The van der Waals surface area contributed by atoms with E-state index in [2.05, 4.69) is 44.2 Å². The summed E-state index contributed by atoms with van der Waals surface area (Å²) in [6.07, 6.45) is 7.07. The molecule has 1 aromatic rings. The van der Waals surface area contributed by atoms with Crippen molar-refractivity contribution >= 4 is 36.3 Å². The summed E-state index contributed by atoms with van der Waals surface area (Å²) in [5.74, 6) is -0.919. The second kappa shape index (κ2) is 21.9. The molecule has 15 heteroatoms. The molecule has 1 rings (SSSR count). The molecule has 42 heavy (non-hydrogen) atoms. The molecule has 8 N–H and O–H groups in total. The highest BCUT2D eigenvalue weighted by molar-refractivity contribution is 7.80. The van der Waals surface area contributed by atoms with E-state index < -0.39 is 11.9 Å². The number of nitrogens with two attached hydrogens (primary N) is 2. The Morgan fingerprint density at radius 3 is 2.00 bits per heavy atom. The van der Waals surface area contributed by atoms with E-state index in [1.807, 2.05) is 20.8 Å². The van der Waals surface area contributed by atoms with Crippen molar-refractivity contribution in [3.63, 3.8) is 0 Å². The minimum absolute atomic E-state index is 0.0716. The van der Waals surface area contributed by atoms with Gasteiger partial charge in [0, 0.05) is 50.0 Å². The van der Waals surface area contributed by atoms with Gasteiger partial charge < -0.3 is 32.2 Å². The number of nitrogens with one attached hydrogen (secondary N) is 4. The lowest BCUT2D eigenvalue weighted by atomic mass is 10.1. The second-order valence-corrected chi connectivity index (χ2v) is 11.4. The number of nitrogens with zero attached hydrogens (tertiary/aromatic N) is 3. The van der Waals surface area contributed by atoms with Crippen molar-refractivity contribution in [1.29, 1.82) is 0 Å². The summed E-state index contributed by atoms with van der Waals surface area (Å²) in [6, 6.07) is -0.600. The molecule has 1 heterocycles. The zero-order chi connectivity index (χ0) is 31.3. The molecule has 0 saturated heterocycles. The van der Waals surface area contributed by atoms with Gasteiger partial charge in [0.1, 0.15) is 0 Å². The highest BCUT2D eigenvalue weighted by atomic mass is 32.1. The molecule has 1 aromatic heterocycles. The van der Waals surface area contributed by atoms with Gasteiger partial charge in [-0.2, -0.15) is 12.6 Å². The summed E-state index contributed by atoms with van der Waals surface area (Å²) in [5, 5.41) is 19.9. The van der Waals surface area contributed by atoms with Crippen LogP contribution in [0, 0.1) is 0 Å². The van der Waals surface area contributed by atoms with Gasteiger partial charge in [-0.15, -0.1) is 5.10 Å². The van der Waals surface area contributed by atoms with E-state index in [-0.39, 0.29) is 41.6 Å². The van der Waals surface area contributed by atoms with Gasteiger partial charge in [-0.3, -0.25) is 24.5 Å². The largest absolute Gasteiger partial charge is 0.379 e. The van der Waals surface area contributed by atoms with Crippen LogP contribution in [-0.2, 0) is 36.9 Å². The number of hydrogen-bond acceptors (Lipinski definition) is 10. The summed E-state index contributed by atoms with van der Waals surface area (Å²) in [7, 11) is 0. The molecule has 0 aliphatic heterocycles. The maximum Gasteiger partial charge on any atom is 0.234 e. The van der Waals surface area contributed by atoms with Gasteiger partial charge >= 0.3 is 0 Å². The Morgan fingerprint density at radius 2 is 1.45 bits per heavy atom. The van der Waals surface area contributed by atoms with Crippen LogP contribution in [0.15, 0.2) is 6.20 Å². The maximum absolute atomic E-state index is 12.1. The van der Waals surface area contributed by atoms with Crippen molar-refractivity contribution in [3.8, 4) is 0 Å². The smallest absolute Gasteiger partial charge is 0.234 e. The Kier molecular flexibility index (Phi) is 19.4. The SMILES string of the molecule is CC(C)NC(CCCCNC(=O)CCOCCn1cc(CCC(=O)NCCCCC(NC(C)S)C(N)=O)nn1)C(N)=O. The molecule has 0 aromatic carbocycles. The number of unbranched alkanes of at least 4 members (excludes halogenated alkanes) is 2. The molecule has 0 fully saturated rings. The number of amides is 4. The van der Waals surface area contributed by atoms with Crippen LogP contribution < -0.4 is 32.7 Å². The molecular weight excluding hydrogens is 562 g/mol. The number of aryl methyl sites for hydroxylation is 1. The normalized spacial score (nSPS) is 13.5. The van der Waals surface area contributed by atoms with Gasteiger partial charge in [-0.1, -0.05) is 19.1 Å². The van der Waals surface area contributed by atoms with Crippen molar-refractivity contribution < 1.29 is 23.9 Å². The minimum atomic E-state index is -0.426. The molecule has 0 aliphatic carbocycles. The molecule has 0 saturated carbocycles. The Labute approximate surface area is 254 Å². The Bertz CT molecular complexity index is 945. The van der Waals surface area contributed by atoms with Crippen molar-refractivity contribution in [1.82, 2.24) is 36.3 Å². The first-order chi connectivity index (χ1) is 20.0. The summed E-state index contributed by atoms with van der Waals surface area (Å²) in [5.41, 5.74) is 11.5. The van der Waals surface area contributed by atoms with Crippen LogP contribution in [0.3, 0.4) is 0 Å². The second-order valence-electron chi connectivity index (χ2n) is 10.6. The first-order valence-corrected chi connectivity index (χ1v) is 15.3. The van der Waals surface area contributed by atoms with Crippen LogP contribution in [0.1, 0.15) is 77.8 Å². The highest BCUT2D eigenvalue weighted by Gasteiger charge is 2.16. The third kappa shape index (κ3) is 18.6. The Hall–Kier alpha value is -2.75. The number of thiol groups is 1. The zero-order valence-corrected chi connectivity index (χ0v) is 26.2. The highest BCUT2D eigenvalue weighted by Crippen LogP contribution is 2.04. The number of ether oxygens (including phenoxy) is 1. The molecule has 4 amide bonds. The van der Waals surface area contributed by atoms with Crippen LogP contribution in [-0.4, -0.2) is 88.4 Å². The fourth-order valence-corrected chi connectivity index (χ4v) is 4.30. The molecule has 0 aliphatic rings. The van der Waals surface area contributed by atoms with Crippen LogP contribution in [0.25, 0.3) is 0 Å². The quantitative estimate of drug-likeness (QED) is 0.0440. The summed E-state index contributed by atoms with van der Waals surface area (Å²) in [6.45, 7) is 7.99. The van der Waals surface area contributed by atoms with Gasteiger partial charge in [-0.25, -0.2) is 4.68 Å². The van der Waals surface area contributed by atoms with E-state index in [1.165, 1.54) is 0 Å². The summed E-state index contributed by atoms with van der Waals surface area (Å²) < 4.78 is 7.19. The molecular formula is C27H51N9O5S. The lowest BCUT2D eigenvalue weighted by molar-refractivity contribution is -0.122.